The van der Waals surface area contributed by atoms with Gasteiger partial charge in [0.2, 0.25) is 0 Å². The molecule has 1 aromatic heterocycles. The van der Waals surface area contributed by atoms with Crippen molar-refractivity contribution in [1.82, 2.24) is 4.98 Å². The van der Waals surface area contributed by atoms with E-state index in [2.05, 4.69) is 15.3 Å². The van der Waals surface area contributed by atoms with Crippen LogP contribution in [-0.2, 0) is 0 Å². The zero-order chi connectivity index (χ0) is 10.3. The summed E-state index contributed by atoms with van der Waals surface area (Å²) < 4.78 is 0. The molecule has 15 heavy (non-hydrogen) atoms. The van der Waals surface area contributed by atoms with Gasteiger partial charge in [-0.05, 0) is 24.3 Å². The van der Waals surface area contributed by atoms with Crippen molar-refractivity contribution in [3.05, 3.63) is 54.7 Å². The van der Waals surface area contributed by atoms with E-state index in [4.69, 9.17) is 0 Å². The standard InChI is InChI=1S/C12H11N3/c1-2-6-11(7-3-1)14-10-15-12-8-4-5-9-13-12/h1-10H,(H,13,14,15). The number of hydrogen-bond donors (Lipinski definition) is 1. The first-order chi connectivity index (χ1) is 7.45. The van der Waals surface area contributed by atoms with E-state index in [1.165, 1.54) is 0 Å². The number of aromatic nitrogens is 1. The third-order valence-electron chi connectivity index (χ3n) is 1.85. The van der Waals surface area contributed by atoms with Crippen LogP contribution in [0.15, 0.2) is 59.7 Å². The molecule has 0 aliphatic heterocycles. The summed E-state index contributed by atoms with van der Waals surface area (Å²) in [6.07, 6.45) is 3.35. The average molecular weight is 197 g/mol. The summed E-state index contributed by atoms with van der Waals surface area (Å²) in [5.41, 5.74) is 1.01. The maximum absolute atomic E-state index is 4.15. The number of pyridine rings is 1. The van der Waals surface area contributed by atoms with Crippen molar-refractivity contribution in [3.63, 3.8) is 0 Å². The number of aliphatic imine (C=N–C) groups is 1. The fourth-order valence-corrected chi connectivity index (χ4v) is 1.14. The van der Waals surface area contributed by atoms with E-state index in [0.717, 1.165) is 5.69 Å². The lowest BCUT2D eigenvalue weighted by Gasteiger charge is -1.97. The van der Waals surface area contributed by atoms with Crippen LogP contribution in [0.1, 0.15) is 0 Å². The molecule has 3 nitrogen and oxygen atoms in total. The van der Waals surface area contributed by atoms with E-state index in [-0.39, 0.29) is 0 Å². The average Bonchev–Trinajstić information content (AvgIpc) is 2.32. The Bertz CT molecular complexity index is 423. The molecule has 0 aliphatic carbocycles. The third-order valence-corrected chi connectivity index (χ3v) is 1.85. The van der Waals surface area contributed by atoms with Gasteiger partial charge in [0.05, 0.1) is 6.34 Å². The second kappa shape index (κ2) is 4.91. The van der Waals surface area contributed by atoms with Gasteiger partial charge < -0.3 is 5.32 Å². The van der Waals surface area contributed by atoms with Gasteiger partial charge in [0.1, 0.15) is 0 Å². The number of para-hydroxylation sites is 1. The summed E-state index contributed by atoms with van der Waals surface area (Å²) in [6, 6.07) is 15.5. The maximum atomic E-state index is 4.15. The lowest BCUT2D eigenvalue weighted by molar-refractivity contribution is 1.28. The van der Waals surface area contributed by atoms with Crippen molar-refractivity contribution in [2.45, 2.75) is 0 Å². The van der Waals surface area contributed by atoms with Gasteiger partial charge in [0, 0.05) is 11.9 Å². The Hall–Kier alpha value is -2.16. The van der Waals surface area contributed by atoms with E-state index in [1.807, 2.05) is 48.5 Å². The lowest BCUT2D eigenvalue weighted by atomic mass is 10.3. The molecule has 0 saturated carbocycles. The molecule has 3 heteroatoms. The first-order valence-corrected chi connectivity index (χ1v) is 4.70. The van der Waals surface area contributed by atoms with Crippen LogP contribution in [0.2, 0.25) is 0 Å². The molecule has 0 saturated heterocycles. The molecule has 0 atom stereocenters. The SMILES string of the molecule is C(=N\c1ccccn1)/Nc1ccccc1. The van der Waals surface area contributed by atoms with Crippen molar-refractivity contribution >= 4 is 17.8 Å². The van der Waals surface area contributed by atoms with Gasteiger partial charge in [0.25, 0.3) is 0 Å². The Morgan fingerprint density at radius 1 is 1.00 bits per heavy atom. The Morgan fingerprint density at radius 3 is 2.53 bits per heavy atom. The topological polar surface area (TPSA) is 37.3 Å². The molecule has 1 aromatic carbocycles. The van der Waals surface area contributed by atoms with Crippen molar-refractivity contribution in [2.75, 3.05) is 5.32 Å². The summed E-state index contributed by atoms with van der Waals surface area (Å²) in [5, 5.41) is 3.06. The van der Waals surface area contributed by atoms with Gasteiger partial charge in [-0.1, -0.05) is 24.3 Å². The third kappa shape index (κ3) is 2.91. The molecular weight excluding hydrogens is 186 g/mol. The Balaban J connectivity index is 1.97. The molecule has 0 bridgehead atoms. The first-order valence-electron chi connectivity index (χ1n) is 4.70. The minimum atomic E-state index is 0.695. The summed E-state index contributed by atoms with van der Waals surface area (Å²) in [6.45, 7) is 0. The number of hydrogen-bond acceptors (Lipinski definition) is 2. The summed E-state index contributed by atoms with van der Waals surface area (Å²) in [5.74, 6) is 0.695. The van der Waals surface area contributed by atoms with E-state index < -0.39 is 0 Å². The number of nitrogens with one attached hydrogen (secondary N) is 1. The van der Waals surface area contributed by atoms with Crippen LogP contribution in [0.25, 0.3) is 0 Å². The first kappa shape index (κ1) is 9.40. The number of nitrogens with zero attached hydrogens (tertiary/aromatic N) is 2. The van der Waals surface area contributed by atoms with Crippen LogP contribution in [0.5, 0.6) is 0 Å². The molecule has 0 unspecified atom stereocenters. The Morgan fingerprint density at radius 2 is 1.80 bits per heavy atom. The van der Waals surface area contributed by atoms with E-state index in [0.29, 0.717) is 5.82 Å². The molecule has 2 aromatic rings. The Labute approximate surface area is 88.5 Å². The predicted octanol–water partition coefficient (Wildman–Crippen LogP) is 2.85. The van der Waals surface area contributed by atoms with Crippen molar-refractivity contribution in [1.29, 1.82) is 0 Å². The smallest absolute Gasteiger partial charge is 0.153 e. The maximum Gasteiger partial charge on any atom is 0.153 e. The van der Waals surface area contributed by atoms with Crippen LogP contribution < -0.4 is 5.32 Å². The second-order valence-electron chi connectivity index (χ2n) is 2.96. The normalized spacial score (nSPS) is 10.4. The minimum absolute atomic E-state index is 0.695. The van der Waals surface area contributed by atoms with Crippen LogP contribution in [0, 0.1) is 0 Å². The molecule has 0 aliphatic rings. The highest BCUT2D eigenvalue weighted by molar-refractivity contribution is 5.77. The van der Waals surface area contributed by atoms with Gasteiger partial charge in [-0.3, -0.25) is 0 Å². The number of rotatable bonds is 3. The van der Waals surface area contributed by atoms with Crippen LogP contribution in [-0.4, -0.2) is 11.3 Å². The van der Waals surface area contributed by atoms with Gasteiger partial charge in [0.15, 0.2) is 5.82 Å². The van der Waals surface area contributed by atoms with Gasteiger partial charge in [-0.25, -0.2) is 9.98 Å². The largest absolute Gasteiger partial charge is 0.346 e. The summed E-state index contributed by atoms with van der Waals surface area (Å²) >= 11 is 0. The van der Waals surface area contributed by atoms with Crippen molar-refractivity contribution in [3.8, 4) is 0 Å². The lowest BCUT2D eigenvalue weighted by Crippen LogP contribution is -1.93. The molecule has 0 fully saturated rings. The molecule has 0 radical (unpaired) electrons. The molecule has 1 N–H and O–H groups in total. The van der Waals surface area contributed by atoms with Gasteiger partial charge in [-0.15, -0.1) is 0 Å². The van der Waals surface area contributed by atoms with Crippen LogP contribution in [0.3, 0.4) is 0 Å². The Kier molecular flexibility index (Phi) is 3.07. The molecule has 1 heterocycles. The summed E-state index contributed by atoms with van der Waals surface area (Å²) in [7, 11) is 0. The van der Waals surface area contributed by atoms with E-state index in [1.54, 1.807) is 12.5 Å². The molecule has 2 rings (SSSR count). The zero-order valence-electron chi connectivity index (χ0n) is 8.17. The van der Waals surface area contributed by atoms with E-state index >= 15 is 0 Å². The fourth-order valence-electron chi connectivity index (χ4n) is 1.14. The number of anilines is 1. The highest BCUT2D eigenvalue weighted by Gasteiger charge is 1.86. The molecule has 0 spiro atoms. The minimum Gasteiger partial charge on any atom is -0.346 e. The van der Waals surface area contributed by atoms with Crippen LogP contribution in [0.4, 0.5) is 11.5 Å². The molecule has 0 amide bonds. The van der Waals surface area contributed by atoms with Gasteiger partial charge in [-0.2, -0.15) is 0 Å². The van der Waals surface area contributed by atoms with Crippen molar-refractivity contribution < 1.29 is 0 Å². The fraction of sp³-hybridized carbons (Fsp3) is 0. The van der Waals surface area contributed by atoms with Crippen LogP contribution >= 0.6 is 0 Å². The highest BCUT2D eigenvalue weighted by atomic mass is 15.0. The monoisotopic (exact) mass is 197 g/mol. The molecular formula is C12H11N3. The predicted molar refractivity (Wildman–Crippen MR) is 62.5 cm³/mol. The van der Waals surface area contributed by atoms with E-state index in [9.17, 15) is 0 Å². The highest BCUT2D eigenvalue weighted by Crippen LogP contribution is 2.05. The quantitative estimate of drug-likeness (QED) is 0.606. The van der Waals surface area contributed by atoms with Crippen molar-refractivity contribution in [2.24, 2.45) is 4.99 Å². The zero-order valence-corrected chi connectivity index (χ0v) is 8.17. The van der Waals surface area contributed by atoms with Gasteiger partial charge >= 0.3 is 0 Å². The number of benzene rings is 1. The molecule has 74 valence electrons. The summed E-state index contributed by atoms with van der Waals surface area (Å²) in [4.78, 5) is 8.23. The second-order valence-corrected chi connectivity index (χ2v) is 2.96.